The van der Waals surface area contributed by atoms with Crippen molar-refractivity contribution in [3.05, 3.63) is 0 Å². The second kappa shape index (κ2) is 8.93. The van der Waals surface area contributed by atoms with Crippen molar-refractivity contribution in [2.24, 2.45) is 5.92 Å². The van der Waals surface area contributed by atoms with Crippen LogP contribution < -0.4 is 5.32 Å². The molecule has 19 heavy (non-hydrogen) atoms. The number of nitrogens with one attached hydrogen (secondary N) is 1. The van der Waals surface area contributed by atoms with E-state index in [4.69, 9.17) is 4.74 Å². The number of rotatable bonds is 7. The lowest BCUT2D eigenvalue weighted by molar-refractivity contribution is 0.0556. The van der Waals surface area contributed by atoms with Crippen LogP contribution in [0.2, 0.25) is 0 Å². The molecule has 0 atom stereocenters. The molecule has 0 unspecified atom stereocenters. The van der Waals surface area contributed by atoms with Gasteiger partial charge in [-0.2, -0.15) is 0 Å². The molecule has 1 N–H and O–H groups in total. The van der Waals surface area contributed by atoms with Gasteiger partial charge in [0, 0.05) is 25.8 Å². The van der Waals surface area contributed by atoms with Gasteiger partial charge in [-0.3, -0.25) is 0 Å². The quantitative estimate of drug-likeness (QED) is 0.718. The Hall–Kier alpha value is -0.120. The predicted octanol–water partition coefficient (Wildman–Crippen LogP) is 2.66. The topological polar surface area (TPSA) is 24.5 Å². The molecule has 1 aliphatic heterocycles. The van der Waals surface area contributed by atoms with Crippen LogP contribution >= 0.6 is 0 Å². The summed E-state index contributed by atoms with van der Waals surface area (Å²) in [6.45, 7) is 5.64. The van der Waals surface area contributed by atoms with E-state index in [0.717, 1.165) is 25.2 Å². The van der Waals surface area contributed by atoms with Crippen LogP contribution in [0, 0.1) is 5.92 Å². The zero-order valence-corrected chi connectivity index (χ0v) is 12.7. The van der Waals surface area contributed by atoms with Crippen molar-refractivity contribution in [3.63, 3.8) is 0 Å². The number of hydrogen-bond donors (Lipinski definition) is 1. The van der Waals surface area contributed by atoms with Crippen molar-refractivity contribution in [1.82, 2.24) is 10.2 Å². The first kappa shape index (κ1) is 15.3. The Morgan fingerprint density at radius 1 is 1.05 bits per heavy atom. The maximum Gasteiger partial charge on any atom is 0.0469 e. The van der Waals surface area contributed by atoms with Crippen molar-refractivity contribution >= 4 is 0 Å². The van der Waals surface area contributed by atoms with E-state index in [9.17, 15) is 0 Å². The highest BCUT2D eigenvalue weighted by molar-refractivity contribution is 4.72. The molecule has 0 amide bonds. The van der Waals surface area contributed by atoms with Crippen LogP contribution in [0.5, 0.6) is 0 Å². The Kier molecular flexibility index (Phi) is 7.18. The lowest BCUT2D eigenvalue weighted by Gasteiger charge is -2.27. The Morgan fingerprint density at radius 3 is 2.53 bits per heavy atom. The molecule has 1 saturated carbocycles. The van der Waals surface area contributed by atoms with Gasteiger partial charge in [-0.1, -0.05) is 19.3 Å². The number of ether oxygens (including phenoxy) is 1. The minimum absolute atomic E-state index is 0.814. The average Bonchev–Trinajstić information content (AvgIpc) is 2.46. The van der Waals surface area contributed by atoms with E-state index in [1.54, 1.807) is 0 Å². The molecule has 1 saturated heterocycles. The average molecular weight is 268 g/mol. The summed E-state index contributed by atoms with van der Waals surface area (Å²) in [7, 11) is 2.27. The van der Waals surface area contributed by atoms with E-state index in [1.807, 2.05) is 0 Å². The molecule has 0 bridgehead atoms. The first-order chi connectivity index (χ1) is 9.34. The molecule has 0 aromatic rings. The molecular weight excluding hydrogens is 236 g/mol. The van der Waals surface area contributed by atoms with Gasteiger partial charge in [0.05, 0.1) is 0 Å². The first-order valence-electron chi connectivity index (χ1n) is 8.34. The summed E-state index contributed by atoms with van der Waals surface area (Å²) in [5.41, 5.74) is 0. The molecule has 2 aliphatic rings. The zero-order chi connectivity index (χ0) is 13.3. The van der Waals surface area contributed by atoms with Gasteiger partial charge in [-0.15, -0.1) is 0 Å². The fourth-order valence-electron chi connectivity index (χ4n) is 3.42. The third-order valence-corrected chi connectivity index (χ3v) is 4.67. The smallest absolute Gasteiger partial charge is 0.0469 e. The largest absolute Gasteiger partial charge is 0.381 e. The third-order valence-electron chi connectivity index (χ3n) is 4.67. The van der Waals surface area contributed by atoms with Crippen LogP contribution in [-0.4, -0.2) is 50.8 Å². The minimum atomic E-state index is 0.814. The van der Waals surface area contributed by atoms with Crippen LogP contribution in [0.1, 0.15) is 51.4 Å². The van der Waals surface area contributed by atoms with E-state index in [2.05, 4.69) is 17.3 Å². The van der Waals surface area contributed by atoms with Gasteiger partial charge in [0.25, 0.3) is 0 Å². The third kappa shape index (κ3) is 6.24. The number of nitrogens with zero attached hydrogens (tertiary/aromatic N) is 1. The van der Waals surface area contributed by atoms with Crippen molar-refractivity contribution in [2.45, 2.75) is 57.4 Å². The summed E-state index contributed by atoms with van der Waals surface area (Å²) in [6.07, 6.45) is 10.9. The molecule has 0 radical (unpaired) electrons. The summed E-state index contributed by atoms with van der Waals surface area (Å²) >= 11 is 0. The Labute approximate surface area is 119 Å². The molecule has 2 rings (SSSR count). The Morgan fingerprint density at radius 2 is 1.79 bits per heavy atom. The van der Waals surface area contributed by atoms with Crippen LogP contribution in [0.4, 0.5) is 0 Å². The minimum Gasteiger partial charge on any atom is -0.381 e. The molecule has 0 aromatic carbocycles. The normalized spacial score (nSPS) is 23.1. The van der Waals surface area contributed by atoms with Crippen molar-refractivity contribution < 1.29 is 4.74 Å². The number of hydrogen-bond acceptors (Lipinski definition) is 3. The van der Waals surface area contributed by atoms with Gasteiger partial charge in [0.15, 0.2) is 0 Å². The van der Waals surface area contributed by atoms with Gasteiger partial charge in [-0.05, 0) is 58.2 Å². The summed E-state index contributed by atoms with van der Waals surface area (Å²) in [5, 5.41) is 3.73. The van der Waals surface area contributed by atoms with Crippen LogP contribution in [-0.2, 0) is 4.74 Å². The molecule has 0 spiro atoms. The van der Waals surface area contributed by atoms with E-state index in [1.165, 1.54) is 71.0 Å². The van der Waals surface area contributed by atoms with Crippen LogP contribution in [0.3, 0.4) is 0 Å². The highest BCUT2D eigenvalue weighted by atomic mass is 16.5. The van der Waals surface area contributed by atoms with Crippen LogP contribution in [0.25, 0.3) is 0 Å². The monoisotopic (exact) mass is 268 g/mol. The predicted molar refractivity (Wildman–Crippen MR) is 80.5 cm³/mol. The fraction of sp³-hybridized carbons (Fsp3) is 1.00. The first-order valence-corrected chi connectivity index (χ1v) is 8.34. The maximum atomic E-state index is 5.42. The van der Waals surface area contributed by atoms with Crippen LogP contribution in [0.15, 0.2) is 0 Å². The molecule has 0 aromatic heterocycles. The Bertz CT molecular complexity index is 223. The highest BCUT2D eigenvalue weighted by Crippen LogP contribution is 2.17. The Balaban J connectivity index is 1.47. The van der Waals surface area contributed by atoms with Gasteiger partial charge < -0.3 is 15.0 Å². The molecular formula is C16H32N2O. The van der Waals surface area contributed by atoms with Crippen molar-refractivity contribution in [1.29, 1.82) is 0 Å². The molecule has 1 heterocycles. The SMILES string of the molecule is CN(CCCNC1CCCCC1)CC1CCOCC1. The molecule has 112 valence electrons. The van der Waals surface area contributed by atoms with Crippen molar-refractivity contribution in [3.8, 4) is 0 Å². The fourth-order valence-corrected chi connectivity index (χ4v) is 3.42. The molecule has 1 aliphatic carbocycles. The summed E-state index contributed by atoms with van der Waals surface area (Å²) < 4.78 is 5.42. The van der Waals surface area contributed by atoms with Gasteiger partial charge in [0.2, 0.25) is 0 Å². The standard InChI is InChI=1S/C16H32N2O/c1-18(14-15-8-12-19-13-9-15)11-5-10-17-16-6-3-2-4-7-16/h15-17H,2-14H2,1H3. The zero-order valence-electron chi connectivity index (χ0n) is 12.7. The van der Waals surface area contributed by atoms with E-state index in [-0.39, 0.29) is 0 Å². The van der Waals surface area contributed by atoms with Crippen molar-refractivity contribution in [2.75, 3.05) is 39.9 Å². The van der Waals surface area contributed by atoms with Gasteiger partial charge >= 0.3 is 0 Å². The van der Waals surface area contributed by atoms with E-state index in [0.29, 0.717) is 0 Å². The molecule has 2 fully saturated rings. The highest BCUT2D eigenvalue weighted by Gasteiger charge is 2.16. The maximum absolute atomic E-state index is 5.42. The van der Waals surface area contributed by atoms with E-state index >= 15 is 0 Å². The summed E-state index contributed by atoms with van der Waals surface area (Å²) in [5.74, 6) is 0.866. The lowest BCUT2D eigenvalue weighted by atomic mass is 9.95. The van der Waals surface area contributed by atoms with E-state index < -0.39 is 0 Å². The molecule has 3 heteroatoms. The van der Waals surface area contributed by atoms with Gasteiger partial charge in [-0.25, -0.2) is 0 Å². The van der Waals surface area contributed by atoms with Gasteiger partial charge in [0.1, 0.15) is 0 Å². The second-order valence-electron chi connectivity index (χ2n) is 6.46. The molecule has 3 nitrogen and oxygen atoms in total. The second-order valence-corrected chi connectivity index (χ2v) is 6.46. The lowest BCUT2D eigenvalue weighted by Crippen LogP contribution is -2.35. The summed E-state index contributed by atoms with van der Waals surface area (Å²) in [6, 6.07) is 0.814. The summed E-state index contributed by atoms with van der Waals surface area (Å²) in [4.78, 5) is 2.51.